The van der Waals surface area contributed by atoms with E-state index in [0.29, 0.717) is 22.4 Å². The van der Waals surface area contributed by atoms with Gasteiger partial charge in [-0.2, -0.15) is 5.10 Å². The van der Waals surface area contributed by atoms with E-state index in [1.54, 1.807) is 25.4 Å². The number of aryl methyl sites for hydroxylation is 2. The summed E-state index contributed by atoms with van der Waals surface area (Å²) in [4.78, 5) is 11.4. The number of pyridine rings is 1. The number of aromatic nitrogens is 4. The SMILES string of the molecule is Cc1nccc(-c2c(C)nc(N3CCC4(CC3)Cc3ccccc3C4)c3ccnn23)c1F. The first-order valence-electron chi connectivity index (χ1n) is 11.3. The highest BCUT2D eigenvalue weighted by Gasteiger charge is 2.40. The van der Waals surface area contributed by atoms with Crippen LogP contribution in [0.4, 0.5) is 10.2 Å². The summed E-state index contributed by atoms with van der Waals surface area (Å²) in [5.74, 6) is 0.628. The van der Waals surface area contributed by atoms with Gasteiger partial charge in [-0.05, 0) is 68.2 Å². The van der Waals surface area contributed by atoms with Gasteiger partial charge in [0.05, 0.1) is 23.3 Å². The highest BCUT2D eigenvalue weighted by molar-refractivity contribution is 5.75. The lowest BCUT2D eigenvalue weighted by molar-refractivity contribution is 0.232. The molecule has 162 valence electrons. The van der Waals surface area contributed by atoms with E-state index >= 15 is 0 Å². The van der Waals surface area contributed by atoms with Crippen molar-refractivity contribution in [2.45, 2.75) is 39.5 Å². The van der Waals surface area contributed by atoms with Gasteiger partial charge in [-0.3, -0.25) is 4.98 Å². The van der Waals surface area contributed by atoms with E-state index in [1.807, 2.05) is 17.5 Å². The average Bonchev–Trinajstić information content (AvgIpc) is 3.41. The fraction of sp³-hybridized carbons (Fsp3) is 0.346. The standard InChI is InChI=1S/C26H26FN5/c1-17-23(27)21(7-11-28-17)24-18(2)30-25(22-8-12-29-32(22)24)31-13-9-26(10-14-31)15-19-5-3-4-6-20(19)16-26/h3-8,11-12H,9-10,13-16H2,1-2H3. The van der Waals surface area contributed by atoms with Gasteiger partial charge in [0.1, 0.15) is 5.52 Å². The number of hydrogen-bond donors (Lipinski definition) is 0. The molecule has 32 heavy (non-hydrogen) atoms. The van der Waals surface area contributed by atoms with Gasteiger partial charge >= 0.3 is 0 Å². The minimum atomic E-state index is -0.317. The van der Waals surface area contributed by atoms with Gasteiger partial charge in [0, 0.05) is 24.8 Å². The smallest absolute Gasteiger partial charge is 0.155 e. The van der Waals surface area contributed by atoms with Crippen molar-refractivity contribution in [1.82, 2.24) is 19.6 Å². The van der Waals surface area contributed by atoms with Crippen LogP contribution in [0.3, 0.4) is 0 Å². The molecule has 0 N–H and O–H groups in total. The Labute approximate surface area is 186 Å². The lowest BCUT2D eigenvalue weighted by atomic mass is 9.76. The van der Waals surface area contributed by atoms with Crippen LogP contribution in [0.1, 0.15) is 35.4 Å². The van der Waals surface area contributed by atoms with Crippen molar-refractivity contribution in [3.05, 3.63) is 77.1 Å². The Bertz CT molecular complexity index is 1310. The van der Waals surface area contributed by atoms with Crippen molar-refractivity contribution in [3.63, 3.8) is 0 Å². The molecule has 0 bridgehead atoms. The molecule has 2 aliphatic rings. The zero-order valence-electron chi connectivity index (χ0n) is 18.5. The summed E-state index contributed by atoms with van der Waals surface area (Å²) in [5, 5.41) is 4.54. The van der Waals surface area contributed by atoms with E-state index in [2.05, 4.69) is 39.2 Å². The van der Waals surface area contributed by atoms with Crippen LogP contribution in [0.15, 0.2) is 48.8 Å². The maximum atomic E-state index is 14.9. The number of piperidine rings is 1. The van der Waals surface area contributed by atoms with Crippen molar-refractivity contribution >= 4 is 11.3 Å². The molecular weight excluding hydrogens is 401 g/mol. The summed E-state index contributed by atoms with van der Waals surface area (Å²) in [6.07, 6.45) is 8.09. The fourth-order valence-electron chi connectivity index (χ4n) is 5.67. The molecule has 4 aromatic rings. The number of hydrogen-bond acceptors (Lipinski definition) is 4. The molecule has 1 fully saturated rings. The molecule has 0 radical (unpaired) electrons. The summed E-state index contributed by atoms with van der Waals surface area (Å²) in [6, 6.07) is 12.6. The highest BCUT2D eigenvalue weighted by atomic mass is 19.1. The topological polar surface area (TPSA) is 46.3 Å². The quantitative estimate of drug-likeness (QED) is 0.455. The van der Waals surface area contributed by atoms with E-state index in [-0.39, 0.29) is 5.82 Å². The van der Waals surface area contributed by atoms with Crippen LogP contribution >= 0.6 is 0 Å². The van der Waals surface area contributed by atoms with Gasteiger partial charge in [-0.15, -0.1) is 0 Å². The van der Waals surface area contributed by atoms with E-state index in [9.17, 15) is 4.39 Å². The second-order valence-electron chi connectivity index (χ2n) is 9.36. The molecule has 0 saturated carbocycles. The van der Waals surface area contributed by atoms with Gasteiger partial charge in [0.15, 0.2) is 11.6 Å². The number of anilines is 1. The largest absolute Gasteiger partial charge is 0.355 e. The fourth-order valence-corrected chi connectivity index (χ4v) is 5.67. The maximum Gasteiger partial charge on any atom is 0.155 e. The third-order valence-corrected chi connectivity index (χ3v) is 7.39. The monoisotopic (exact) mass is 427 g/mol. The van der Waals surface area contributed by atoms with Crippen molar-refractivity contribution in [2.75, 3.05) is 18.0 Å². The number of benzene rings is 1. The van der Waals surface area contributed by atoms with Crippen LogP contribution in [0.5, 0.6) is 0 Å². The van der Waals surface area contributed by atoms with Gasteiger partial charge in [-0.1, -0.05) is 24.3 Å². The Morgan fingerprint density at radius 2 is 1.62 bits per heavy atom. The second kappa shape index (κ2) is 7.12. The molecule has 1 aliphatic heterocycles. The van der Waals surface area contributed by atoms with Crippen molar-refractivity contribution < 1.29 is 4.39 Å². The molecule has 0 amide bonds. The Morgan fingerprint density at radius 3 is 2.34 bits per heavy atom. The Kier molecular flexibility index (Phi) is 4.32. The van der Waals surface area contributed by atoms with Crippen molar-refractivity contribution in [1.29, 1.82) is 0 Å². The minimum absolute atomic E-state index is 0.317. The molecule has 0 unspecified atom stereocenters. The van der Waals surface area contributed by atoms with E-state index < -0.39 is 0 Å². The van der Waals surface area contributed by atoms with Gasteiger partial charge < -0.3 is 4.90 Å². The van der Waals surface area contributed by atoms with Crippen molar-refractivity contribution in [3.8, 4) is 11.3 Å². The molecule has 5 nitrogen and oxygen atoms in total. The van der Waals surface area contributed by atoms with Gasteiger partial charge in [-0.25, -0.2) is 13.9 Å². The number of fused-ring (bicyclic) bond motifs is 2. The van der Waals surface area contributed by atoms with Crippen LogP contribution in [-0.2, 0) is 12.8 Å². The van der Waals surface area contributed by atoms with Crippen molar-refractivity contribution in [2.24, 2.45) is 5.41 Å². The first-order valence-corrected chi connectivity index (χ1v) is 11.3. The number of rotatable bonds is 2. The highest BCUT2D eigenvalue weighted by Crippen LogP contribution is 2.45. The Morgan fingerprint density at radius 1 is 0.906 bits per heavy atom. The molecular formula is C26H26FN5. The van der Waals surface area contributed by atoms with Crippen LogP contribution in [0.2, 0.25) is 0 Å². The molecule has 3 aromatic heterocycles. The summed E-state index contributed by atoms with van der Waals surface area (Å²) in [5.41, 5.74) is 6.67. The lowest BCUT2D eigenvalue weighted by Gasteiger charge is -2.40. The van der Waals surface area contributed by atoms with Crippen LogP contribution < -0.4 is 4.90 Å². The summed E-state index contributed by atoms with van der Waals surface area (Å²) in [7, 11) is 0. The summed E-state index contributed by atoms with van der Waals surface area (Å²) in [6.45, 7) is 5.57. The molecule has 4 heterocycles. The normalized spacial score (nSPS) is 17.3. The molecule has 0 atom stereocenters. The molecule has 6 heteroatoms. The average molecular weight is 428 g/mol. The third kappa shape index (κ3) is 2.93. The van der Waals surface area contributed by atoms with Crippen LogP contribution in [0, 0.1) is 25.1 Å². The van der Waals surface area contributed by atoms with Gasteiger partial charge in [0.25, 0.3) is 0 Å². The predicted molar refractivity (Wildman–Crippen MR) is 123 cm³/mol. The molecule has 1 aliphatic carbocycles. The second-order valence-corrected chi connectivity index (χ2v) is 9.36. The zero-order chi connectivity index (χ0) is 21.9. The third-order valence-electron chi connectivity index (χ3n) is 7.39. The minimum Gasteiger partial charge on any atom is -0.355 e. The summed E-state index contributed by atoms with van der Waals surface area (Å²) < 4.78 is 16.7. The Hall–Kier alpha value is -3.28. The molecule has 1 saturated heterocycles. The lowest BCUT2D eigenvalue weighted by Crippen LogP contribution is -2.41. The number of nitrogens with zero attached hydrogens (tertiary/aromatic N) is 5. The van der Waals surface area contributed by atoms with Gasteiger partial charge in [0.2, 0.25) is 0 Å². The Balaban J connectivity index is 1.34. The molecule has 6 rings (SSSR count). The molecule has 1 spiro atoms. The van der Waals surface area contributed by atoms with E-state index in [4.69, 9.17) is 4.98 Å². The summed E-state index contributed by atoms with van der Waals surface area (Å²) >= 11 is 0. The number of halogens is 1. The first-order chi connectivity index (χ1) is 15.5. The first kappa shape index (κ1) is 19.4. The van der Waals surface area contributed by atoms with E-state index in [1.165, 1.54) is 24.0 Å². The maximum absolute atomic E-state index is 14.9. The molecule has 1 aromatic carbocycles. The van der Waals surface area contributed by atoms with E-state index in [0.717, 1.165) is 43.0 Å². The van der Waals surface area contributed by atoms with Crippen LogP contribution in [0.25, 0.3) is 16.8 Å². The van der Waals surface area contributed by atoms with Crippen LogP contribution in [-0.4, -0.2) is 32.7 Å². The predicted octanol–water partition coefficient (Wildman–Crippen LogP) is 4.93. The zero-order valence-corrected chi connectivity index (χ0v) is 18.5.